The molecule has 1 aromatic heterocycles. The van der Waals surface area contributed by atoms with Crippen LogP contribution in [0.3, 0.4) is 0 Å². The van der Waals surface area contributed by atoms with E-state index in [9.17, 15) is 9.59 Å². The van der Waals surface area contributed by atoms with Crippen LogP contribution in [0.1, 0.15) is 29.4 Å². The number of thioether (sulfide) groups is 1. The van der Waals surface area contributed by atoms with Crippen LogP contribution in [0.15, 0.2) is 41.6 Å². The maximum atomic E-state index is 12.5. The number of hydrogen-bond donors (Lipinski definition) is 2. The minimum Gasteiger partial charge on any atom is -0.325 e. The molecule has 2 amide bonds. The second kappa shape index (κ2) is 10.7. The van der Waals surface area contributed by atoms with Gasteiger partial charge in [-0.3, -0.25) is 9.59 Å². The Morgan fingerprint density at radius 1 is 1.00 bits per heavy atom. The quantitative estimate of drug-likeness (QED) is 0.461. The summed E-state index contributed by atoms with van der Waals surface area (Å²) in [6.45, 7) is 8.42. The molecule has 32 heavy (non-hydrogen) atoms. The van der Waals surface area contributed by atoms with Crippen molar-refractivity contribution in [1.82, 2.24) is 14.8 Å². The zero-order valence-corrected chi connectivity index (χ0v) is 20.1. The van der Waals surface area contributed by atoms with Crippen molar-refractivity contribution in [2.75, 3.05) is 16.4 Å². The highest BCUT2D eigenvalue weighted by Crippen LogP contribution is 2.22. The normalized spacial score (nSPS) is 10.8. The van der Waals surface area contributed by atoms with Gasteiger partial charge in [-0.2, -0.15) is 0 Å². The van der Waals surface area contributed by atoms with Gasteiger partial charge < -0.3 is 15.2 Å². The number of amides is 2. The minimum atomic E-state index is -0.172. The molecule has 0 bridgehead atoms. The largest absolute Gasteiger partial charge is 0.325 e. The van der Waals surface area contributed by atoms with Gasteiger partial charge in [-0.15, -0.1) is 10.2 Å². The molecule has 9 heteroatoms. The number of carbonyl (C=O) groups excluding carboxylic acids is 2. The lowest BCUT2D eigenvalue weighted by molar-refractivity contribution is -0.116. The standard InChI is InChI=1S/C23H26ClN5O2S/c1-5-29-20(12-21(30)26-19-9-6-14(2)10-16(19)4)27-28-23(29)32-13-22(31)25-17-8-7-15(3)18(24)11-17/h6-11H,5,12-13H2,1-4H3,(H,25,31)(H,26,30). The van der Waals surface area contributed by atoms with Gasteiger partial charge in [0, 0.05) is 22.9 Å². The lowest BCUT2D eigenvalue weighted by Crippen LogP contribution is -2.18. The van der Waals surface area contributed by atoms with E-state index >= 15 is 0 Å². The number of aromatic nitrogens is 3. The van der Waals surface area contributed by atoms with Crippen LogP contribution in [0.5, 0.6) is 0 Å². The van der Waals surface area contributed by atoms with Gasteiger partial charge in [-0.1, -0.05) is 47.1 Å². The van der Waals surface area contributed by atoms with Crippen LogP contribution in [0.25, 0.3) is 0 Å². The minimum absolute atomic E-state index is 0.1000. The van der Waals surface area contributed by atoms with Crippen LogP contribution in [0, 0.1) is 20.8 Å². The number of carbonyl (C=O) groups is 2. The van der Waals surface area contributed by atoms with Gasteiger partial charge in [-0.05, 0) is 57.0 Å². The van der Waals surface area contributed by atoms with Crippen LogP contribution in [-0.4, -0.2) is 32.3 Å². The Balaban J connectivity index is 1.59. The SMILES string of the molecule is CCn1c(CC(=O)Nc2ccc(C)cc2C)nnc1SCC(=O)Nc1ccc(C)c(Cl)c1. The number of anilines is 2. The molecule has 0 aliphatic rings. The van der Waals surface area contributed by atoms with Crippen LogP contribution < -0.4 is 10.6 Å². The number of nitrogens with one attached hydrogen (secondary N) is 2. The average Bonchev–Trinajstić information content (AvgIpc) is 3.12. The Morgan fingerprint density at radius 2 is 1.78 bits per heavy atom. The van der Waals surface area contributed by atoms with Gasteiger partial charge in [0.05, 0.1) is 12.2 Å². The summed E-state index contributed by atoms with van der Waals surface area (Å²) in [6.07, 6.45) is 0.1000. The zero-order chi connectivity index (χ0) is 23.3. The average molecular weight is 472 g/mol. The second-order valence-corrected chi connectivity index (χ2v) is 8.84. The highest BCUT2D eigenvalue weighted by Gasteiger charge is 2.16. The molecule has 0 spiro atoms. The molecule has 0 fully saturated rings. The van der Waals surface area contributed by atoms with Crippen molar-refractivity contribution in [3.63, 3.8) is 0 Å². The van der Waals surface area contributed by atoms with Crippen LogP contribution >= 0.6 is 23.4 Å². The van der Waals surface area contributed by atoms with Crippen LogP contribution in [-0.2, 0) is 22.6 Å². The van der Waals surface area contributed by atoms with Gasteiger partial charge in [0.15, 0.2) is 5.16 Å². The Kier molecular flexibility index (Phi) is 7.93. The Hall–Kier alpha value is -2.84. The van der Waals surface area contributed by atoms with Crippen molar-refractivity contribution in [2.45, 2.75) is 45.8 Å². The first kappa shape index (κ1) is 23.8. The monoisotopic (exact) mass is 471 g/mol. The van der Waals surface area contributed by atoms with Gasteiger partial charge in [-0.25, -0.2) is 0 Å². The molecule has 0 saturated carbocycles. The van der Waals surface area contributed by atoms with E-state index in [1.807, 2.05) is 62.6 Å². The van der Waals surface area contributed by atoms with Gasteiger partial charge in [0.2, 0.25) is 11.8 Å². The molecule has 1 heterocycles. The van der Waals surface area contributed by atoms with Crippen molar-refractivity contribution in [3.8, 4) is 0 Å². The molecule has 168 valence electrons. The molecule has 0 radical (unpaired) electrons. The van der Waals surface area contributed by atoms with Crippen molar-refractivity contribution in [3.05, 3.63) is 63.9 Å². The third-order valence-corrected chi connectivity index (χ3v) is 6.25. The number of nitrogens with zero attached hydrogens (tertiary/aromatic N) is 3. The lowest BCUT2D eigenvalue weighted by atomic mass is 10.1. The molecule has 0 atom stereocenters. The molecule has 0 aliphatic heterocycles. The van der Waals surface area contributed by atoms with E-state index in [0.717, 1.165) is 22.4 Å². The molecule has 3 rings (SSSR count). The topological polar surface area (TPSA) is 88.9 Å². The van der Waals surface area contributed by atoms with E-state index in [-0.39, 0.29) is 24.0 Å². The lowest BCUT2D eigenvalue weighted by Gasteiger charge is -2.10. The first-order valence-electron chi connectivity index (χ1n) is 10.2. The van der Waals surface area contributed by atoms with E-state index in [2.05, 4.69) is 20.8 Å². The molecule has 2 aromatic carbocycles. The molecule has 3 aromatic rings. The third kappa shape index (κ3) is 6.11. The van der Waals surface area contributed by atoms with Crippen molar-refractivity contribution < 1.29 is 9.59 Å². The molecule has 7 nitrogen and oxygen atoms in total. The predicted octanol–water partition coefficient (Wildman–Crippen LogP) is 4.79. The molecule has 2 N–H and O–H groups in total. The van der Waals surface area contributed by atoms with Gasteiger partial charge in [0.25, 0.3) is 0 Å². The fourth-order valence-electron chi connectivity index (χ4n) is 3.16. The molecular formula is C23H26ClN5O2S. The van der Waals surface area contributed by atoms with E-state index in [1.54, 1.807) is 6.07 Å². The molecule has 0 aliphatic carbocycles. The maximum Gasteiger partial charge on any atom is 0.234 e. The third-order valence-electron chi connectivity index (χ3n) is 4.87. The van der Waals surface area contributed by atoms with Crippen molar-refractivity contribution >= 4 is 46.6 Å². The fourth-order valence-corrected chi connectivity index (χ4v) is 4.17. The van der Waals surface area contributed by atoms with Crippen molar-refractivity contribution in [1.29, 1.82) is 0 Å². The van der Waals surface area contributed by atoms with Crippen LogP contribution in [0.4, 0.5) is 11.4 Å². The van der Waals surface area contributed by atoms with E-state index in [4.69, 9.17) is 11.6 Å². The van der Waals surface area contributed by atoms with Gasteiger partial charge in [0.1, 0.15) is 5.82 Å². The Bertz CT molecular complexity index is 1150. The van der Waals surface area contributed by atoms with Gasteiger partial charge >= 0.3 is 0 Å². The first-order valence-corrected chi connectivity index (χ1v) is 11.6. The summed E-state index contributed by atoms with van der Waals surface area (Å²) in [6, 6.07) is 11.3. The number of rotatable bonds is 8. The summed E-state index contributed by atoms with van der Waals surface area (Å²) < 4.78 is 1.85. The van der Waals surface area contributed by atoms with Crippen molar-refractivity contribution in [2.24, 2.45) is 0 Å². The molecule has 0 saturated heterocycles. The summed E-state index contributed by atoms with van der Waals surface area (Å²) >= 11 is 7.38. The number of benzene rings is 2. The summed E-state index contributed by atoms with van der Waals surface area (Å²) in [5, 5.41) is 15.3. The highest BCUT2D eigenvalue weighted by atomic mass is 35.5. The maximum absolute atomic E-state index is 12.5. The number of hydrogen-bond acceptors (Lipinski definition) is 5. The molecular weight excluding hydrogens is 446 g/mol. The first-order chi connectivity index (χ1) is 15.3. The summed E-state index contributed by atoms with van der Waals surface area (Å²) in [5.74, 6) is 0.389. The number of aryl methyl sites for hydroxylation is 3. The Labute approximate surface area is 197 Å². The summed E-state index contributed by atoms with van der Waals surface area (Å²) in [5.41, 5.74) is 4.52. The molecule has 0 unspecified atom stereocenters. The highest BCUT2D eigenvalue weighted by molar-refractivity contribution is 7.99. The van der Waals surface area contributed by atoms with E-state index < -0.39 is 0 Å². The Morgan fingerprint density at radius 3 is 2.47 bits per heavy atom. The number of halogens is 1. The predicted molar refractivity (Wildman–Crippen MR) is 129 cm³/mol. The summed E-state index contributed by atoms with van der Waals surface area (Å²) in [7, 11) is 0. The van der Waals surface area contributed by atoms with E-state index in [1.165, 1.54) is 11.8 Å². The second-order valence-electron chi connectivity index (χ2n) is 7.49. The van der Waals surface area contributed by atoms with E-state index in [0.29, 0.717) is 28.2 Å². The van der Waals surface area contributed by atoms with Crippen LogP contribution in [0.2, 0.25) is 5.02 Å². The smallest absolute Gasteiger partial charge is 0.234 e. The fraction of sp³-hybridized carbons (Fsp3) is 0.304. The zero-order valence-electron chi connectivity index (χ0n) is 18.5. The summed E-state index contributed by atoms with van der Waals surface area (Å²) in [4.78, 5) is 24.9.